The Bertz CT molecular complexity index is 603. The number of hydrogen-bond acceptors (Lipinski definition) is 3. The largest absolute Gasteiger partial charge is 0.325 e. The maximum Gasteiger partial charge on any atom is 0.239 e. The molecule has 0 spiro atoms. The summed E-state index contributed by atoms with van der Waals surface area (Å²) in [6, 6.07) is 4.34. The molecular formula is C12H16Cl2N2O3S. The highest BCUT2D eigenvalue weighted by atomic mass is 35.5. The Morgan fingerprint density at radius 2 is 1.90 bits per heavy atom. The lowest BCUT2D eigenvalue weighted by molar-refractivity contribution is -0.116. The van der Waals surface area contributed by atoms with Crippen LogP contribution in [-0.4, -0.2) is 37.5 Å². The lowest BCUT2D eigenvalue weighted by Gasteiger charge is -2.23. The minimum Gasteiger partial charge on any atom is -0.325 e. The Morgan fingerprint density at radius 1 is 1.30 bits per heavy atom. The molecule has 1 amide bonds. The first-order valence-corrected chi connectivity index (χ1v) is 8.43. The summed E-state index contributed by atoms with van der Waals surface area (Å²) in [7, 11) is -3.44. The average molecular weight is 339 g/mol. The van der Waals surface area contributed by atoms with E-state index in [1.54, 1.807) is 26.0 Å². The summed E-state index contributed by atoms with van der Waals surface area (Å²) in [4.78, 5) is 11.9. The van der Waals surface area contributed by atoms with Gasteiger partial charge in [0.25, 0.3) is 0 Å². The highest BCUT2D eigenvalue weighted by molar-refractivity contribution is 7.88. The number of halogens is 2. The molecule has 112 valence electrons. The predicted molar refractivity (Wildman–Crippen MR) is 81.8 cm³/mol. The fraction of sp³-hybridized carbons (Fsp3) is 0.417. The second-order valence-electron chi connectivity index (χ2n) is 4.58. The molecule has 5 nitrogen and oxygen atoms in total. The van der Waals surface area contributed by atoms with Crippen LogP contribution in [0.15, 0.2) is 18.2 Å². The molecule has 0 aromatic heterocycles. The van der Waals surface area contributed by atoms with Gasteiger partial charge in [0.15, 0.2) is 0 Å². The number of carbonyl (C=O) groups is 1. The van der Waals surface area contributed by atoms with E-state index in [-0.39, 0.29) is 12.6 Å². The van der Waals surface area contributed by atoms with Crippen molar-refractivity contribution in [3.05, 3.63) is 28.2 Å². The van der Waals surface area contributed by atoms with Crippen LogP contribution in [0.3, 0.4) is 0 Å². The molecule has 0 aliphatic carbocycles. The summed E-state index contributed by atoms with van der Waals surface area (Å²) >= 11 is 11.6. The van der Waals surface area contributed by atoms with Crippen molar-refractivity contribution in [2.24, 2.45) is 0 Å². The first kappa shape index (κ1) is 17.2. The monoisotopic (exact) mass is 338 g/mol. The van der Waals surface area contributed by atoms with Crippen molar-refractivity contribution < 1.29 is 13.2 Å². The Balaban J connectivity index is 2.78. The van der Waals surface area contributed by atoms with Gasteiger partial charge in [0, 0.05) is 11.7 Å². The summed E-state index contributed by atoms with van der Waals surface area (Å²) in [5.74, 6) is -0.442. The van der Waals surface area contributed by atoms with Crippen LogP contribution < -0.4 is 5.32 Å². The van der Waals surface area contributed by atoms with Gasteiger partial charge in [-0.25, -0.2) is 8.42 Å². The van der Waals surface area contributed by atoms with Gasteiger partial charge in [-0.1, -0.05) is 23.2 Å². The van der Waals surface area contributed by atoms with Crippen molar-refractivity contribution in [1.82, 2.24) is 4.31 Å². The zero-order valence-electron chi connectivity index (χ0n) is 11.4. The van der Waals surface area contributed by atoms with E-state index in [4.69, 9.17) is 23.2 Å². The number of carbonyl (C=O) groups excluding carboxylic acids is 1. The zero-order valence-corrected chi connectivity index (χ0v) is 13.7. The van der Waals surface area contributed by atoms with E-state index in [9.17, 15) is 13.2 Å². The van der Waals surface area contributed by atoms with Gasteiger partial charge < -0.3 is 5.32 Å². The van der Waals surface area contributed by atoms with Crippen LogP contribution >= 0.6 is 23.2 Å². The van der Waals surface area contributed by atoms with Gasteiger partial charge in [-0.2, -0.15) is 4.31 Å². The number of nitrogens with one attached hydrogen (secondary N) is 1. The number of rotatable bonds is 5. The van der Waals surface area contributed by atoms with Crippen LogP contribution in [0, 0.1) is 0 Å². The van der Waals surface area contributed by atoms with E-state index in [0.29, 0.717) is 15.7 Å². The van der Waals surface area contributed by atoms with Crippen molar-refractivity contribution in [3.8, 4) is 0 Å². The summed E-state index contributed by atoms with van der Waals surface area (Å²) in [5.41, 5.74) is 0.460. The topological polar surface area (TPSA) is 66.5 Å². The third kappa shape index (κ3) is 4.94. The molecule has 8 heteroatoms. The molecule has 0 atom stereocenters. The van der Waals surface area contributed by atoms with Crippen LogP contribution in [0.4, 0.5) is 5.69 Å². The molecule has 1 rings (SSSR count). The van der Waals surface area contributed by atoms with E-state index >= 15 is 0 Å². The Morgan fingerprint density at radius 3 is 2.35 bits per heavy atom. The third-order valence-corrected chi connectivity index (χ3v) is 4.65. The Labute approximate surface area is 128 Å². The predicted octanol–water partition coefficient (Wildman–Crippen LogP) is 2.60. The molecule has 20 heavy (non-hydrogen) atoms. The van der Waals surface area contributed by atoms with Gasteiger partial charge >= 0.3 is 0 Å². The van der Waals surface area contributed by atoms with E-state index in [1.807, 2.05) is 0 Å². The minimum atomic E-state index is -3.44. The molecule has 0 fully saturated rings. The van der Waals surface area contributed by atoms with Crippen LogP contribution in [0.5, 0.6) is 0 Å². The Hall–Kier alpha value is -0.820. The van der Waals surface area contributed by atoms with E-state index < -0.39 is 15.9 Å². The second-order valence-corrected chi connectivity index (χ2v) is 7.33. The molecule has 1 N–H and O–H groups in total. The maximum absolute atomic E-state index is 11.9. The number of anilines is 1. The number of sulfonamides is 1. The first-order chi connectivity index (χ1) is 9.11. The van der Waals surface area contributed by atoms with Crippen LogP contribution in [0.2, 0.25) is 10.0 Å². The molecule has 0 saturated heterocycles. The number of benzene rings is 1. The quantitative estimate of drug-likeness (QED) is 0.897. The third-order valence-electron chi connectivity index (χ3n) is 2.50. The number of hydrogen-bond donors (Lipinski definition) is 1. The van der Waals surface area contributed by atoms with E-state index in [2.05, 4.69) is 5.32 Å². The molecule has 0 unspecified atom stereocenters. The van der Waals surface area contributed by atoms with Gasteiger partial charge in [0.1, 0.15) is 0 Å². The van der Waals surface area contributed by atoms with Gasteiger partial charge in [0.2, 0.25) is 15.9 Å². The Kier molecular flexibility index (Phi) is 5.82. The smallest absolute Gasteiger partial charge is 0.239 e. The van der Waals surface area contributed by atoms with Gasteiger partial charge in [-0.05, 0) is 32.0 Å². The van der Waals surface area contributed by atoms with E-state index in [1.165, 1.54) is 6.07 Å². The molecular weight excluding hydrogens is 323 g/mol. The van der Waals surface area contributed by atoms with Crippen molar-refractivity contribution >= 4 is 44.8 Å². The van der Waals surface area contributed by atoms with E-state index in [0.717, 1.165) is 10.6 Å². The lowest BCUT2D eigenvalue weighted by Crippen LogP contribution is -2.41. The SMILES string of the molecule is CC(C)N(CC(=O)Nc1ccc(Cl)c(Cl)c1)S(C)(=O)=O. The highest BCUT2D eigenvalue weighted by Gasteiger charge is 2.23. The van der Waals surface area contributed by atoms with Crippen molar-refractivity contribution in [2.75, 3.05) is 18.1 Å². The summed E-state index contributed by atoms with van der Waals surface area (Å²) in [6.07, 6.45) is 1.07. The summed E-state index contributed by atoms with van der Waals surface area (Å²) in [5, 5.41) is 3.27. The standard InChI is InChI=1S/C12H16Cl2N2O3S/c1-8(2)16(20(3,18)19)7-12(17)15-9-4-5-10(13)11(14)6-9/h4-6,8H,7H2,1-3H3,(H,15,17). The van der Waals surface area contributed by atoms with Crippen LogP contribution in [-0.2, 0) is 14.8 Å². The normalized spacial score (nSPS) is 11.9. The van der Waals surface area contributed by atoms with Crippen molar-refractivity contribution in [1.29, 1.82) is 0 Å². The number of nitrogens with zero attached hydrogens (tertiary/aromatic N) is 1. The molecule has 0 aliphatic rings. The summed E-state index contributed by atoms with van der Waals surface area (Å²) < 4.78 is 24.2. The minimum absolute atomic E-state index is 0.253. The van der Waals surface area contributed by atoms with Gasteiger partial charge in [-0.3, -0.25) is 4.79 Å². The van der Waals surface area contributed by atoms with Crippen LogP contribution in [0.1, 0.15) is 13.8 Å². The zero-order chi connectivity index (χ0) is 15.5. The maximum atomic E-state index is 11.9. The molecule has 1 aromatic rings. The van der Waals surface area contributed by atoms with Crippen LogP contribution in [0.25, 0.3) is 0 Å². The molecule has 0 radical (unpaired) electrons. The fourth-order valence-electron chi connectivity index (χ4n) is 1.60. The second kappa shape index (κ2) is 6.76. The van der Waals surface area contributed by atoms with Crippen molar-refractivity contribution in [3.63, 3.8) is 0 Å². The molecule has 0 saturated carbocycles. The molecule has 0 heterocycles. The first-order valence-electron chi connectivity index (χ1n) is 5.83. The fourth-order valence-corrected chi connectivity index (χ4v) is 3.01. The lowest BCUT2D eigenvalue weighted by atomic mass is 10.3. The average Bonchev–Trinajstić information content (AvgIpc) is 2.29. The highest BCUT2D eigenvalue weighted by Crippen LogP contribution is 2.25. The number of amides is 1. The molecule has 0 bridgehead atoms. The van der Waals surface area contributed by atoms with Gasteiger partial charge in [0.05, 0.1) is 22.8 Å². The molecule has 1 aromatic carbocycles. The molecule has 0 aliphatic heterocycles. The van der Waals surface area contributed by atoms with Gasteiger partial charge in [-0.15, -0.1) is 0 Å². The summed E-state index contributed by atoms with van der Waals surface area (Å²) in [6.45, 7) is 3.15. The van der Waals surface area contributed by atoms with Crippen molar-refractivity contribution in [2.45, 2.75) is 19.9 Å².